The van der Waals surface area contributed by atoms with Gasteiger partial charge in [-0.05, 0) is 25.2 Å². The second-order valence-electron chi connectivity index (χ2n) is 5.06. The molecular weight excluding hydrogens is 200 g/mol. The highest BCUT2D eigenvalue weighted by Crippen LogP contribution is 2.35. The Labute approximate surface area is 101 Å². The van der Waals surface area contributed by atoms with Crippen molar-refractivity contribution in [3.63, 3.8) is 0 Å². The second kappa shape index (κ2) is 8.08. The van der Waals surface area contributed by atoms with E-state index >= 15 is 0 Å². The largest absolute Gasteiger partial charge is 0.382 e. The summed E-state index contributed by atoms with van der Waals surface area (Å²) < 4.78 is 11.4. The van der Waals surface area contributed by atoms with E-state index in [4.69, 9.17) is 9.47 Å². The standard InChI is InChI=1S/C14H28O2/c1-4-6-7-14(10-12-8-9-12)16-13(5-2)11-15-3/h12-14H,4-11H2,1-3H3/t13-,14+/m0/s1. The molecule has 0 bridgehead atoms. The normalized spacial score (nSPS) is 19.7. The molecule has 0 aliphatic heterocycles. The zero-order chi connectivity index (χ0) is 11.8. The van der Waals surface area contributed by atoms with Gasteiger partial charge in [-0.1, -0.05) is 39.5 Å². The zero-order valence-electron chi connectivity index (χ0n) is 11.2. The fourth-order valence-corrected chi connectivity index (χ4v) is 2.11. The van der Waals surface area contributed by atoms with Gasteiger partial charge in [-0.15, -0.1) is 0 Å². The highest BCUT2D eigenvalue weighted by atomic mass is 16.5. The van der Waals surface area contributed by atoms with E-state index in [2.05, 4.69) is 13.8 Å². The van der Waals surface area contributed by atoms with Gasteiger partial charge in [-0.25, -0.2) is 0 Å². The summed E-state index contributed by atoms with van der Waals surface area (Å²) >= 11 is 0. The molecule has 1 fully saturated rings. The SMILES string of the molecule is CCCC[C@H](CC1CC1)O[C@@H](CC)COC. The van der Waals surface area contributed by atoms with Crippen molar-refractivity contribution >= 4 is 0 Å². The van der Waals surface area contributed by atoms with Crippen molar-refractivity contribution in [2.24, 2.45) is 5.92 Å². The van der Waals surface area contributed by atoms with Crippen molar-refractivity contribution in [3.8, 4) is 0 Å². The predicted octanol–water partition coefficient (Wildman–Crippen LogP) is 3.79. The van der Waals surface area contributed by atoms with E-state index in [1.165, 1.54) is 38.5 Å². The molecule has 0 heterocycles. The van der Waals surface area contributed by atoms with Crippen LogP contribution in [-0.4, -0.2) is 25.9 Å². The van der Waals surface area contributed by atoms with Crippen LogP contribution in [0.15, 0.2) is 0 Å². The molecule has 1 aliphatic carbocycles. The minimum absolute atomic E-state index is 0.297. The molecule has 2 nitrogen and oxygen atoms in total. The van der Waals surface area contributed by atoms with Crippen LogP contribution < -0.4 is 0 Å². The first-order valence-electron chi connectivity index (χ1n) is 6.94. The van der Waals surface area contributed by atoms with Crippen molar-refractivity contribution in [2.75, 3.05) is 13.7 Å². The summed E-state index contributed by atoms with van der Waals surface area (Å²) in [7, 11) is 1.76. The molecule has 0 unspecified atom stereocenters. The molecule has 0 amide bonds. The lowest BCUT2D eigenvalue weighted by atomic mass is 10.1. The molecule has 96 valence electrons. The van der Waals surface area contributed by atoms with E-state index in [9.17, 15) is 0 Å². The molecule has 0 spiro atoms. The summed E-state index contributed by atoms with van der Waals surface area (Å²) in [5.41, 5.74) is 0. The van der Waals surface area contributed by atoms with Gasteiger partial charge in [-0.3, -0.25) is 0 Å². The molecule has 0 aromatic rings. The Balaban J connectivity index is 2.27. The van der Waals surface area contributed by atoms with Gasteiger partial charge in [0, 0.05) is 7.11 Å². The Bertz CT molecular complexity index is 166. The van der Waals surface area contributed by atoms with E-state index < -0.39 is 0 Å². The Kier molecular flexibility index (Phi) is 7.06. The maximum Gasteiger partial charge on any atom is 0.0809 e. The molecule has 0 aromatic carbocycles. The molecule has 0 N–H and O–H groups in total. The zero-order valence-corrected chi connectivity index (χ0v) is 11.2. The van der Waals surface area contributed by atoms with Gasteiger partial charge >= 0.3 is 0 Å². The van der Waals surface area contributed by atoms with Gasteiger partial charge in [0.1, 0.15) is 0 Å². The van der Waals surface area contributed by atoms with E-state index in [1.807, 2.05) is 0 Å². The molecule has 0 aromatic heterocycles. The van der Waals surface area contributed by atoms with Crippen LogP contribution in [0.3, 0.4) is 0 Å². The van der Waals surface area contributed by atoms with Crippen LogP contribution in [0.5, 0.6) is 0 Å². The Morgan fingerprint density at radius 3 is 2.44 bits per heavy atom. The third-order valence-electron chi connectivity index (χ3n) is 3.37. The Hall–Kier alpha value is -0.0800. The summed E-state index contributed by atoms with van der Waals surface area (Å²) in [5.74, 6) is 0.960. The second-order valence-corrected chi connectivity index (χ2v) is 5.06. The number of rotatable bonds is 10. The third kappa shape index (κ3) is 5.86. The average Bonchev–Trinajstić information content (AvgIpc) is 3.09. The Morgan fingerprint density at radius 1 is 1.19 bits per heavy atom. The highest BCUT2D eigenvalue weighted by Gasteiger charge is 2.26. The van der Waals surface area contributed by atoms with Crippen molar-refractivity contribution in [2.45, 2.75) is 71.0 Å². The van der Waals surface area contributed by atoms with Gasteiger partial charge in [0.25, 0.3) is 0 Å². The fourth-order valence-electron chi connectivity index (χ4n) is 2.11. The number of hydrogen-bond donors (Lipinski definition) is 0. The number of methoxy groups -OCH3 is 1. The molecule has 0 radical (unpaired) electrons. The summed E-state index contributed by atoms with van der Waals surface area (Å²) in [6, 6.07) is 0. The van der Waals surface area contributed by atoms with Crippen LogP contribution >= 0.6 is 0 Å². The maximum atomic E-state index is 6.17. The first-order chi connectivity index (χ1) is 7.80. The summed E-state index contributed by atoms with van der Waals surface area (Å²) in [6.07, 6.45) is 9.75. The van der Waals surface area contributed by atoms with Gasteiger partial charge < -0.3 is 9.47 Å². The van der Waals surface area contributed by atoms with Crippen LogP contribution in [0.2, 0.25) is 0 Å². The predicted molar refractivity (Wildman–Crippen MR) is 67.7 cm³/mol. The molecule has 1 saturated carbocycles. The minimum atomic E-state index is 0.297. The smallest absolute Gasteiger partial charge is 0.0809 e. The van der Waals surface area contributed by atoms with Crippen LogP contribution in [0.4, 0.5) is 0 Å². The first kappa shape index (κ1) is 14.0. The average molecular weight is 228 g/mol. The van der Waals surface area contributed by atoms with Crippen LogP contribution in [0, 0.1) is 5.92 Å². The molecular formula is C14H28O2. The fraction of sp³-hybridized carbons (Fsp3) is 1.00. The van der Waals surface area contributed by atoms with Gasteiger partial charge in [0.2, 0.25) is 0 Å². The molecule has 2 heteroatoms. The maximum absolute atomic E-state index is 6.17. The van der Waals surface area contributed by atoms with E-state index in [0.717, 1.165) is 18.9 Å². The summed E-state index contributed by atoms with van der Waals surface area (Å²) in [5, 5.41) is 0. The van der Waals surface area contributed by atoms with Gasteiger partial charge in [0.05, 0.1) is 18.8 Å². The highest BCUT2D eigenvalue weighted by molar-refractivity contribution is 4.78. The molecule has 16 heavy (non-hydrogen) atoms. The van der Waals surface area contributed by atoms with Crippen LogP contribution in [-0.2, 0) is 9.47 Å². The Morgan fingerprint density at radius 2 is 1.94 bits per heavy atom. The van der Waals surface area contributed by atoms with E-state index in [1.54, 1.807) is 7.11 Å². The lowest BCUT2D eigenvalue weighted by molar-refractivity contribution is -0.0579. The van der Waals surface area contributed by atoms with E-state index in [-0.39, 0.29) is 0 Å². The van der Waals surface area contributed by atoms with E-state index in [0.29, 0.717) is 12.2 Å². The lowest BCUT2D eigenvalue weighted by Crippen LogP contribution is -2.26. The molecule has 1 aliphatic rings. The minimum Gasteiger partial charge on any atom is -0.382 e. The molecule has 0 saturated heterocycles. The summed E-state index contributed by atoms with van der Waals surface area (Å²) in [6.45, 7) is 5.17. The van der Waals surface area contributed by atoms with Crippen molar-refractivity contribution in [1.82, 2.24) is 0 Å². The molecule has 2 atom stereocenters. The number of ether oxygens (including phenoxy) is 2. The first-order valence-corrected chi connectivity index (χ1v) is 6.94. The van der Waals surface area contributed by atoms with Crippen LogP contribution in [0.1, 0.15) is 58.8 Å². The quantitative estimate of drug-likeness (QED) is 0.566. The van der Waals surface area contributed by atoms with Crippen molar-refractivity contribution in [3.05, 3.63) is 0 Å². The van der Waals surface area contributed by atoms with Crippen molar-refractivity contribution in [1.29, 1.82) is 0 Å². The number of unbranched alkanes of at least 4 members (excludes halogenated alkanes) is 1. The molecule has 1 rings (SSSR count). The summed E-state index contributed by atoms with van der Waals surface area (Å²) in [4.78, 5) is 0. The third-order valence-corrected chi connectivity index (χ3v) is 3.37. The topological polar surface area (TPSA) is 18.5 Å². The lowest BCUT2D eigenvalue weighted by Gasteiger charge is -2.24. The van der Waals surface area contributed by atoms with Crippen molar-refractivity contribution < 1.29 is 9.47 Å². The van der Waals surface area contributed by atoms with Crippen LogP contribution in [0.25, 0.3) is 0 Å². The number of hydrogen-bond acceptors (Lipinski definition) is 2. The van der Waals surface area contributed by atoms with Gasteiger partial charge in [0.15, 0.2) is 0 Å². The monoisotopic (exact) mass is 228 g/mol. The van der Waals surface area contributed by atoms with Gasteiger partial charge in [-0.2, -0.15) is 0 Å².